The Labute approximate surface area is 64.1 Å². The topological polar surface area (TPSA) is 80.1 Å². The minimum atomic E-state index is -0.0898. The van der Waals surface area contributed by atoms with Gasteiger partial charge < -0.3 is 10.3 Å². The van der Waals surface area contributed by atoms with E-state index in [2.05, 4.69) is 16.7 Å². The SMILES string of the molecule is C=Nc1c(C(=N)N)ncn1C. The molecule has 0 saturated heterocycles. The molecule has 0 bridgehead atoms. The minimum absolute atomic E-state index is 0.0898. The molecule has 0 amide bonds. The number of nitrogen functional groups attached to an aromatic ring is 1. The Hall–Kier alpha value is -1.65. The predicted molar refractivity (Wildman–Crippen MR) is 43.4 cm³/mol. The van der Waals surface area contributed by atoms with E-state index in [1.807, 2.05) is 0 Å². The molecule has 0 unspecified atom stereocenters. The second-order valence-electron chi connectivity index (χ2n) is 2.10. The van der Waals surface area contributed by atoms with E-state index >= 15 is 0 Å². The summed E-state index contributed by atoms with van der Waals surface area (Å²) >= 11 is 0. The molecule has 0 fully saturated rings. The maximum Gasteiger partial charge on any atom is 0.162 e. The number of nitrogens with one attached hydrogen (secondary N) is 1. The van der Waals surface area contributed by atoms with Gasteiger partial charge in [0.2, 0.25) is 0 Å². The number of amidine groups is 1. The van der Waals surface area contributed by atoms with Gasteiger partial charge in [0.1, 0.15) is 11.5 Å². The van der Waals surface area contributed by atoms with Crippen LogP contribution in [0.1, 0.15) is 5.69 Å². The standard InChI is InChI=1S/C6H9N5/c1-9-6-4(5(7)8)10-3-11(6)2/h3H,1H2,2H3,(H3,7,8). The van der Waals surface area contributed by atoms with Gasteiger partial charge in [-0.1, -0.05) is 0 Å². The zero-order chi connectivity index (χ0) is 8.43. The Balaban J connectivity index is 3.26. The van der Waals surface area contributed by atoms with Crippen molar-refractivity contribution in [3.05, 3.63) is 12.0 Å². The van der Waals surface area contributed by atoms with Gasteiger partial charge in [0.15, 0.2) is 5.82 Å². The molecule has 0 saturated carbocycles. The van der Waals surface area contributed by atoms with E-state index in [1.165, 1.54) is 0 Å². The molecule has 5 heteroatoms. The molecule has 0 aromatic carbocycles. The number of hydrogen-bond donors (Lipinski definition) is 2. The highest BCUT2D eigenvalue weighted by Gasteiger charge is 2.08. The monoisotopic (exact) mass is 151 g/mol. The van der Waals surface area contributed by atoms with Crippen molar-refractivity contribution >= 4 is 18.4 Å². The predicted octanol–water partition coefficient (Wildman–Crippen LogP) is 0.0363. The van der Waals surface area contributed by atoms with Crippen LogP contribution in [0.4, 0.5) is 5.82 Å². The van der Waals surface area contributed by atoms with Crippen LogP contribution in [-0.4, -0.2) is 22.1 Å². The van der Waals surface area contributed by atoms with Crippen LogP contribution in [0.2, 0.25) is 0 Å². The molecule has 0 aliphatic carbocycles. The largest absolute Gasteiger partial charge is 0.382 e. The van der Waals surface area contributed by atoms with Gasteiger partial charge in [-0.3, -0.25) is 5.41 Å². The van der Waals surface area contributed by atoms with Crippen LogP contribution in [0.3, 0.4) is 0 Å². The molecule has 1 aromatic rings. The van der Waals surface area contributed by atoms with Crippen molar-refractivity contribution < 1.29 is 0 Å². The Bertz CT molecular complexity index is 298. The first kappa shape index (κ1) is 7.46. The number of aliphatic imine (C=N–C) groups is 1. The van der Waals surface area contributed by atoms with Gasteiger partial charge in [0.05, 0.1) is 6.33 Å². The Morgan fingerprint density at radius 1 is 1.91 bits per heavy atom. The van der Waals surface area contributed by atoms with Crippen molar-refractivity contribution in [2.24, 2.45) is 17.8 Å². The third-order valence-corrected chi connectivity index (χ3v) is 1.31. The van der Waals surface area contributed by atoms with Crippen molar-refractivity contribution in [1.29, 1.82) is 5.41 Å². The minimum Gasteiger partial charge on any atom is -0.382 e. The normalized spacial score (nSPS) is 9.55. The van der Waals surface area contributed by atoms with Gasteiger partial charge in [0.25, 0.3) is 0 Å². The second-order valence-corrected chi connectivity index (χ2v) is 2.10. The van der Waals surface area contributed by atoms with E-state index < -0.39 is 0 Å². The fourth-order valence-corrected chi connectivity index (χ4v) is 0.800. The zero-order valence-corrected chi connectivity index (χ0v) is 6.20. The molecule has 0 atom stereocenters. The van der Waals surface area contributed by atoms with E-state index in [4.69, 9.17) is 11.1 Å². The van der Waals surface area contributed by atoms with E-state index in [-0.39, 0.29) is 5.84 Å². The van der Waals surface area contributed by atoms with Crippen LogP contribution in [0, 0.1) is 5.41 Å². The molecule has 58 valence electrons. The van der Waals surface area contributed by atoms with Crippen molar-refractivity contribution in [3.8, 4) is 0 Å². The lowest BCUT2D eigenvalue weighted by molar-refractivity contribution is 0.913. The van der Waals surface area contributed by atoms with Gasteiger partial charge in [0, 0.05) is 7.05 Å². The summed E-state index contributed by atoms with van der Waals surface area (Å²) in [6, 6.07) is 0. The summed E-state index contributed by atoms with van der Waals surface area (Å²) in [7, 11) is 1.77. The molecule has 0 radical (unpaired) electrons. The Morgan fingerprint density at radius 3 is 2.91 bits per heavy atom. The number of nitrogens with zero attached hydrogens (tertiary/aromatic N) is 3. The number of rotatable bonds is 2. The fourth-order valence-electron chi connectivity index (χ4n) is 0.800. The third kappa shape index (κ3) is 1.12. The highest BCUT2D eigenvalue weighted by atomic mass is 15.1. The number of aromatic nitrogens is 2. The van der Waals surface area contributed by atoms with Crippen LogP contribution in [0.5, 0.6) is 0 Å². The van der Waals surface area contributed by atoms with Gasteiger partial charge in [-0.15, -0.1) is 0 Å². The van der Waals surface area contributed by atoms with E-state index in [0.29, 0.717) is 11.5 Å². The maximum atomic E-state index is 7.11. The van der Waals surface area contributed by atoms with Crippen LogP contribution in [-0.2, 0) is 7.05 Å². The Morgan fingerprint density at radius 2 is 2.55 bits per heavy atom. The lowest BCUT2D eigenvalue weighted by Gasteiger charge is -1.95. The van der Waals surface area contributed by atoms with Crippen molar-refractivity contribution in [2.45, 2.75) is 0 Å². The first-order valence-electron chi connectivity index (χ1n) is 2.99. The summed E-state index contributed by atoms with van der Waals surface area (Å²) in [6.45, 7) is 3.34. The number of imidazole rings is 1. The number of hydrogen-bond acceptors (Lipinski definition) is 3. The van der Waals surface area contributed by atoms with Crippen molar-refractivity contribution in [1.82, 2.24) is 9.55 Å². The van der Waals surface area contributed by atoms with Crippen molar-refractivity contribution in [3.63, 3.8) is 0 Å². The number of aryl methyl sites for hydroxylation is 1. The quantitative estimate of drug-likeness (QED) is 0.462. The average molecular weight is 151 g/mol. The first-order valence-corrected chi connectivity index (χ1v) is 2.99. The van der Waals surface area contributed by atoms with Gasteiger partial charge >= 0.3 is 0 Å². The third-order valence-electron chi connectivity index (χ3n) is 1.31. The van der Waals surface area contributed by atoms with Crippen LogP contribution in [0.25, 0.3) is 0 Å². The van der Waals surface area contributed by atoms with E-state index in [9.17, 15) is 0 Å². The highest BCUT2D eigenvalue weighted by Crippen LogP contribution is 2.14. The highest BCUT2D eigenvalue weighted by molar-refractivity contribution is 5.97. The molecule has 1 heterocycles. The first-order chi connectivity index (χ1) is 5.16. The molecule has 3 N–H and O–H groups in total. The summed E-state index contributed by atoms with van der Waals surface area (Å²) in [5.74, 6) is 0.436. The van der Waals surface area contributed by atoms with Gasteiger partial charge in [-0.25, -0.2) is 9.98 Å². The van der Waals surface area contributed by atoms with E-state index in [1.54, 1.807) is 17.9 Å². The number of nitrogens with two attached hydrogens (primary N) is 1. The van der Waals surface area contributed by atoms with Gasteiger partial charge in [-0.2, -0.15) is 0 Å². The fraction of sp³-hybridized carbons (Fsp3) is 0.167. The summed E-state index contributed by atoms with van der Waals surface area (Å²) < 4.78 is 1.66. The summed E-state index contributed by atoms with van der Waals surface area (Å²) in [5.41, 5.74) is 5.60. The zero-order valence-electron chi connectivity index (χ0n) is 6.20. The summed E-state index contributed by atoms with van der Waals surface area (Å²) in [6.07, 6.45) is 1.54. The Kier molecular flexibility index (Phi) is 1.72. The molecule has 0 spiro atoms. The molecular formula is C6H9N5. The molecule has 1 aromatic heterocycles. The van der Waals surface area contributed by atoms with Crippen LogP contribution in [0.15, 0.2) is 11.3 Å². The lowest BCUT2D eigenvalue weighted by Crippen LogP contribution is -2.11. The van der Waals surface area contributed by atoms with Gasteiger partial charge in [-0.05, 0) is 6.72 Å². The smallest absolute Gasteiger partial charge is 0.162 e. The maximum absolute atomic E-state index is 7.11. The molecule has 1 rings (SSSR count). The summed E-state index contributed by atoms with van der Waals surface area (Å²) in [5, 5.41) is 7.11. The molecule has 0 aliphatic rings. The van der Waals surface area contributed by atoms with Crippen LogP contribution >= 0.6 is 0 Å². The molecule has 5 nitrogen and oxygen atoms in total. The van der Waals surface area contributed by atoms with E-state index in [0.717, 1.165) is 0 Å². The molecule has 11 heavy (non-hydrogen) atoms. The average Bonchev–Trinajstić information content (AvgIpc) is 2.30. The van der Waals surface area contributed by atoms with Crippen LogP contribution < -0.4 is 5.73 Å². The molecule has 0 aliphatic heterocycles. The van der Waals surface area contributed by atoms with Crippen molar-refractivity contribution in [2.75, 3.05) is 0 Å². The lowest BCUT2D eigenvalue weighted by atomic mass is 10.4. The second kappa shape index (κ2) is 2.53. The molecular weight excluding hydrogens is 142 g/mol. The summed E-state index contributed by atoms with van der Waals surface area (Å²) in [4.78, 5) is 7.55.